The number of esters is 1. The van der Waals surface area contributed by atoms with Crippen molar-refractivity contribution in [3.63, 3.8) is 0 Å². The Morgan fingerprint density at radius 3 is 2.38 bits per heavy atom. The van der Waals surface area contributed by atoms with Crippen LogP contribution in [0.5, 0.6) is 5.75 Å². The second-order valence-electron chi connectivity index (χ2n) is 5.00. The van der Waals surface area contributed by atoms with Gasteiger partial charge in [0.05, 0.1) is 25.5 Å². The Morgan fingerprint density at radius 1 is 1.04 bits per heavy atom. The van der Waals surface area contributed by atoms with Gasteiger partial charge in [-0.2, -0.15) is 13.2 Å². The summed E-state index contributed by atoms with van der Waals surface area (Å²) in [4.78, 5) is 11.2. The van der Waals surface area contributed by atoms with E-state index in [0.717, 1.165) is 12.1 Å². The van der Waals surface area contributed by atoms with Crippen LogP contribution in [-0.2, 0) is 15.7 Å². The van der Waals surface area contributed by atoms with Gasteiger partial charge < -0.3 is 9.47 Å². The van der Waals surface area contributed by atoms with Crippen molar-refractivity contribution >= 4 is 23.4 Å². The fourth-order valence-corrected chi connectivity index (χ4v) is 2.00. The minimum absolute atomic E-state index is 0.0610. The Kier molecular flexibility index (Phi) is 6.11. The number of ether oxygens (including phenoxy) is 2. The van der Waals surface area contributed by atoms with E-state index < -0.39 is 17.7 Å². The van der Waals surface area contributed by atoms with Crippen LogP contribution in [0.1, 0.15) is 11.1 Å². The van der Waals surface area contributed by atoms with Gasteiger partial charge in [0.25, 0.3) is 0 Å². The highest BCUT2D eigenvalue weighted by atomic mass is 19.4. The molecule has 0 saturated carbocycles. The van der Waals surface area contributed by atoms with Crippen LogP contribution < -0.4 is 4.74 Å². The summed E-state index contributed by atoms with van der Waals surface area (Å²) in [5, 5.41) is 7.87. The van der Waals surface area contributed by atoms with E-state index in [-0.39, 0.29) is 11.4 Å². The predicted molar refractivity (Wildman–Crippen MR) is 89.7 cm³/mol. The van der Waals surface area contributed by atoms with Crippen molar-refractivity contribution < 1.29 is 27.4 Å². The van der Waals surface area contributed by atoms with Crippen LogP contribution in [0.3, 0.4) is 0 Å². The van der Waals surface area contributed by atoms with Gasteiger partial charge in [0, 0.05) is 11.6 Å². The normalized spacial score (nSPS) is 11.9. The maximum absolute atomic E-state index is 12.9. The number of rotatable bonds is 5. The largest absolute Gasteiger partial charge is 0.494 e. The molecule has 0 aliphatic rings. The second kappa shape index (κ2) is 8.28. The van der Waals surface area contributed by atoms with E-state index in [1.807, 2.05) is 0 Å². The highest BCUT2D eigenvalue weighted by Crippen LogP contribution is 2.37. The molecule has 0 spiro atoms. The van der Waals surface area contributed by atoms with Crippen LogP contribution in [0, 0.1) is 0 Å². The van der Waals surface area contributed by atoms with Crippen LogP contribution in [0.4, 0.5) is 24.5 Å². The number of nitrogens with zero attached hydrogens (tertiary/aromatic N) is 2. The van der Waals surface area contributed by atoms with Crippen LogP contribution in [0.15, 0.2) is 58.8 Å². The van der Waals surface area contributed by atoms with Gasteiger partial charge in [0.1, 0.15) is 11.4 Å². The van der Waals surface area contributed by atoms with Crippen LogP contribution in [-0.4, -0.2) is 20.2 Å². The van der Waals surface area contributed by atoms with Crippen molar-refractivity contribution in [3.8, 4) is 5.75 Å². The average molecular weight is 364 g/mol. The van der Waals surface area contributed by atoms with Crippen molar-refractivity contribution in [2.75, 3.05) is 14.2 Å². The third-order valence-corrected chi connectivity index (χ3v) is 3.31. The zero-order chi connectivity index (χ0) is 19.2. The van der Waals surface area contributed by atoms with Gasteiger partial charge in [-0.05, 0) is 30.3 Å². The molecule has 0 unspecified atom stereocenters. The zero-order valence-electron chi connectivity index (χ0n) is 13.9. The van der Waals surface area contributed by atoms with Gasteiger partial charge in [0.15, 0.2) is 0 Å². The predicted octanol–water partition coefficient (Wildman–Crippen LogP) is 5.32. The Bertz CT molecular complexity index is 846. The number of carbonyl (C=O) groups excluding carboxylic acids is 1. The summed E-state index contributed by atoms with van der Waals surface area (Å²) >= 11 is 0. The van der Waals surface area contributed by atoms with Gasteiger partial charge in [-0.1, -0.05) is 18.2 Å². The number of benzene rings is 2. The topological polar surface area (TPSA) is 60.2 Å². The summed E-state index contributed by atoms with van der Waals surface area (Å²) in [7, 11) is 2.58. The first-order chi connectivity index (χ1) is 12.3. The van der Waals surface area contributed by atoms with Gasteiger partial charge in [-0.25, -0.2) is 4.79 Å². The molecule has 26 heavy (non-hydrogen) atoms. The molecule has 0 aliphatic heterocycles. The van der Waals surface area contributed by atoms with Crippen molar-refractivity contribution in [3.05, 3.63) is 59.7 Å². The second-order valence-corrected chi connectivity index (χ2v) is 5.00. The molecule has 5 nitrogen and oxygen atoms in total. The molecular formula is C18H15F3N2O3. The minimum Gasteiger partial charge on any atom is -0.494 e. The van der Waals surface area contributed by atoms with Crippen molar-refractivity contribution in [1.82, 2.24) is 0 Å². The van der Waals surface area contributed by atoms with Crippen LogP contribution in [0.2, 0.25) is 0 Å². The third kappa shape index (κ3) is 4.92. The Balaban J connectivity index is 2.38. The highest BCUT2D eigenvalue weighted by Gasteiger charge is 2.31. The number of carbonyl (C=O) groups is 1. The van der Waals surface area contributed by atoms with Gasteiger partial charge in [-0.3, -0.25) is 0 Å². The standard InChI is InChI=1S/C18H15F3N2O3/c1-25-16-9-8-13(18(19,20)21)11-15(16)23-22-14-6-4-3-5-12(14)7-10-17(24)26-2/h3-11H,1-2H3. The third-order valence-electron chi connectivity index (χ3n) is 3.31. The SMILES string of the molecule is COC(=O)C=Cc1ccccc1N=Nc1cc(C(F)(F)F)ccc1OC. The van der Waals surface area contributed by atoms with E-state index in [1.165, 1.54) is 32.4 Å². The quantitative estimate of drug-likeness (QED) is 0.410. The zero-order valence-corrected chi connectivity index (χ0v) is 13.9. The fourth-order valence-electron chi connectivity index (χ4n) is 2.00. The minimum atomic E-state index is -4.50. The van der Waals surface area contributed by atoms with E-state index in [4.69, 9.17) is 4.74 Å². The monoisotopic (exact) mass is 364 g/mol. The number of azo groups is 1. The van der Waals surface area contributed by atoms with E-state index in [1.54, 1.807) is 24.3 Å². The summed E-state index contributed by atoms with van der Waals surface area (Å²) < 4.78 is 48.2. The Hall–Kier alpha value is -3.16. The molecule has 0 heterocycles. The highest BCUT2D eigenvalue weighted by molar-refractivity contribution is 5.88. The van der Waals surface area contributed by atoms with E-state index in [2.05, 4.69) is 15.0 Å². The summed E-state index contributed by atoms with van der Waals surface area (Å²) in [6, 6.07) is 9.64. The van der Waals surface area contributed by atoms with Crippen molar-refractivity contribution in [2.45, 2.75) is 6.18 Å². The van der Waals surface area contributed by atoms with Crippen molar-refractivity contribution in [2.24, 2.45) is 10.2 Å². The first-order valence-corrected chi connectivity index (χ1v) is 7.37. The Labute approximate surface area is 147 Å². The van der Waals surface area contributed by atoms with Crippen molar-refractivity contribution in [1.29, 1.82) is 0 Å². The molecular weight excluding hydrogens is 349 g/mol. The van der Waals surface area contributed by atoms with Gasteiger partial charge >= 0.3 is 12.1 Å². The number of hydrogen-bond acceptors (Lipinski definition) is 5. The molecule has 0 radical (unpaired) electrons. The lowest BCUT2D eigenvalue weighted by Gasteiger charge is -2.09. The number of alkyl halides is 3. The first kappa shape index (κ1) is 19.2. The molecule has 0 amide bonds. The number of hydrogen-bond donors (Lipinski definition) is 0. The van der Waals surface area contributed by atoms with Crippen LogP contribution in [0.25, 0.3) is 6.08 Å². The molecule has 0 N–H and O–H groups in total. The molecule has 2 aromatic carbocycles. The first-order valence-electron chi connectivity index (χ1n) is 7.37. The van der Waals surface area contributed by atoms with Gasteiger partial charge in [-0.15, -0.1) is 10.2 Å². The van der Waals surface area contributed by atoms with Gasteiger partial charge in [0.2, 0.25) is 0 Å². The lowest BCUT2D eigenvalue weighted by Crippen LogP contribution is -2.04. The lowest BCUT2D eigenvalue weighted by molar-refractivity contribution is -0.137. The molecule has 0 fully saturated rings. The maximum Gasteiger partial charge on any atom is 0.416 e. The molecule has 0 aromatic heterocycles. The smallest absolute Gasteiger partial charge is 0.416 e. The molecule has 2 rings (SSSR count). The number of halogens is 3. The number of methoxy groups -OCH3 is 2. The van der Waals surface area contributed by atoms with Crippen LogP contribution >= 0.6 is 0 Å². The molecule has 0 bridgehead atoms. The lowest BCUT2D eigenvalue weighted by atomic mass is 10.1. The summed E-state index contributed by atoms with van der Waals surface area (Å²) in [5.74, 6) is -0.388. The molecule has 0 saturated heterocycles. The molecule has 2 aromatic rings. The molecule has 8 heteroatoms. The average Bonchev–Trinajstić information content (AvgIpc) is 2.63. The fraction of sp³-hybridized carbons (Fsp3) is 0.167. The summed E-state index contributed by atoms with van der Waals surface area (Å²) in [6.07, 6.45) is -1.82. The molecule has 136 valence electrons. The summed E-state index contributed by atoms with van der Waals surface area (Å²) in [5.41, 5.74) is -0.0000848. The maximum atomic E-state index is 12.9. The van der Waals surface area contributed by atoms with E-state index in [0.29, 0.717) is 11.3 Å². The van der Waals surface area contributed by atoms with E-state index >= 15 is 0 Å². The molecule has 0 atom stereocenters. The molecule has 0 aliphatic carbocycles. The van der Waals surface area contributed by atoms with E-state index in [9.17, 15) is 18.0 Å². The summed E-state index contributed by atoms with van der Waals surface area (Å²) in [6.45, 7) is 0. The Morgan fingerprint density at radius 2 is 1.73 bits per heavy atom.